The summed E-state index contributed by atoms with van der Waals surface area (Å²) in [6.45, 7) is 0. The highest BCUT2D eigenvalue weighted by Gasteiger charge is 2.23. The van der Waals surface area contributed by atoms with Crippen molar-refractivity contribution >= 4 is 34.8 Å². The molecule has 0 fully saturated rings. The van der Waals surface area contributed by atoms with E-state index in [1.54, 1.807) is 12.1 Å². The van der Waals surface area contributed by atoms with Gasteiger partial charge in [0, 0.05) is 32.0 Å². The molecule has 1 amide bonds. The zero-order valence-electron chi connectivity index (χ0n) is 12.5. The van der Waals surface area contributed by atoms with Gasteiger partial charge in [0.15, 0.2) is 0 Å². The summed E-state index contributed by atoms with van der Waals surface area (Å²) in [4.78, 5) is 23.7. The summed E-state index contributed by atoms with van der Waals surface area (Å²) in [5.74, 6) is 0.672. The van der Waals surface area contributed by atoms with Crippen LogP contribution >= 0.6 is 22.9 Å². The van der Waals surface area contributed by atoms with Crippen molar-refractivity contribution in [1.29, 1.82) is 0 Å². The number of thiophene rings is 1. The van der Waals surface area contributed by atoms with Crippen LogP contribution in [0.4, 0.5) is 5.95 Å². The number of nitrogens with zero attached hydrogens (tertiary/aromatic N) is 3. The van der Waals surface area contributed by atoms with Crippen LogP contribution in [0.25, 0.3) is 0 Å². The standard InChI is InChI=1S/C15H17ClN4OS/c1-20(2)15-17-8-9-7-10(3-4-11(9)19-15)18-14(21)12-5-6-13(16)22-12/h5-6,8,10H,3-4,7H2,1-2H3,(H,18,21)/t10-/m1/s1. The highest BCUT2D eigenvalue weighted by atomic mass is 35.5. The molecule has 2 aromatic rings. The molecule has 5 nitrogen and oxygen atoms in total. The minimum atomic E-state index is -0.0591. The van der Waals surface area contributed by atoms with E-state index >= 15 is 0 Å². The quantitative estimate of drug-likeness (QED) is 0.935. The number of aryl methyl sites for hydroxylation is 1. The van der Waals surface area contributed by atoms with Crippen LogP contribution in [0.3, 0.4) is 0 Å². The summed E-state index contributed by atoms with van der Waals surface area (Å²) >= 11 is 7.17. The van der Waals surface area contributed by atoms with Crippen LogP contribution in [0.5, 0.6) is 0 Å². The number of halogens is 1. The largest absolute Gasteiger partial charge is 0.348 e. The van der Waals surface area contributed by atoms with Gasteiger partial charge in [-0.2, -0.15) is 0 Å². The average Bonchev–Trinajstić information content (AvgIpc) is 2.93. The van der Waals surface area contributed by atoms with Crippen LogP contribution in [0.15, 0.2) is 18.3 Å². The highest BCUT2D eigenvalue weighted by molar-refractivity contribution is 7.17. The molecule has 0 aliphatic heterocycles. The predicted molar refractivity (Wildman–Crippen MR) is 89.0 cm³/mol. The monoisotopic (exact) mass is 336 g/mol. The summed E-state index contributed by atoms with van der Waals surface area (Å²) in [5.41, 5.74) is 2.20. The molecule has 0 saturated heterocycles. The lowest BCUT2D eigenvalue weighted by molar-refractivity contribution is 0.0937. The number of hydrogen-bond donors (Lipinski definition) is 1. The summed E-state index contributed by atoms with van der Waals surface area (Å²) in [7, 11) is 3.86. The van der Waals surface area contributed by atoms with Crippen LogP contribution in [-0.4, -0.2) is 36.0 Å². The van der Waals surface area contributed by atoms with E-state index in [2.05, 4.69) is 15.3 Å². The number of rotatable bonds is 3. The maximum absolute atomic E-state index is 12.2. The Morgan fingerprint density at radius 1 is 1.45 bits per heavy atom. The molecule has 0 aromatic carbocycles. The number of fused-ring (bicyclic) bond motifs is 1. The second kappa shape index (κ2) is 6.22. The van der Waals surface area contributed by atoms with E-state index in [0.717, 1.165) is 36.5 Å². The second-order valence-electron chi connectivity index (χ2n) is 5.55. The molecule has 7 heteroatoms. The van der Waals surface area contributed by atoms with Gasteiger partial charge in [0.25, 0.3) is 5.91 Å². The normalized spacial score (nSPS) is 17.0. The molecular weight excluding hydrogens is 320 g/mol. The Labute approximate surface area is 138 Å². The summed E-state index contributed by atoms with van der Waals surface area (Å²) < 4.78 is 0.628. The Kier molecular flexibility index (Phi) is 4.31. The van der Waals surface area contributed by atoms with Crippen LogP contribution in [0.1, 0.15) is 27.3 Å². The van der Waals surface area contributed by atoms with Crippen molar-refractivity contribution in [3.8, 4) is 0 Å². The predicted octanol–water partition coefficient (Wildman–Crippen LogP) is 2.54. The number of anilines is 1. The van der Waals surface area contributed by atoms with Crippen molar-refractivity contribution in [2.45, 2.75) is 25.3 Å². The SMILES string of the molecule is CN(C)c1ncc2c(n1)CC[C@@H](NC(=O)c1ccc(Cl)s1)C2. The smallest absolute Gasteiger partial charge is 0.261 e. The number of carbonyl (C=O) groups excluding carboxylic acids is 1. The fourth-order valence-corrected chi connectivity index (χ4v) is 3.47. The zero-order valence-corrected chi connectivity index (χ0v) is 14.0. The number of amides is 1. The van der Waals surface area contributed by atoms with Crippen LogP contribution in [-0.2, 0) is 12.8 Å². The highest BCUT2D eigenvalue weighted by Crippen LogP contribution is 2.23. The third-order valence-electron chi connectivity index (χ3n) is 3.67. The molecular formula is C15H17ClN4OS. The number of carbonyl (C=O) groups is 1. The Morgan fingerprint density at radius 2 is 2.27 bits per heavy atom. The molecule has 2 aromatic heterocycles. The maximum Gasteiger partial charge on any atom is 0.261 e. The third kappa shape index (κ3) is 3.23. The first-order valence-corrected chi connectivity index (χ1v) is 8.30. The van der Waals surface area contributed by atoms with E-state index in [1.165, 1.54) is 11.3 Å². The van der Waals surface area contributed by atoms with E-state index in [1.807, 2.05) is 25.2 Å². The van der Waals surface area contributed by atoms with Crippen LogP contribution in [0, 0.1) is 0 Å². The molecule has 1 N–H and O–H groups in total. The maximum atomic E-state index is 12.2. The Hall–Kier alpha value is -1.66. The molecule has 0 unspecified atom stereocenters. The fourth-order valence-electron chi connectivity index (χ4n) is 2.53. The number of aromatic nitrogens is 2. The summed E-state index contributed by atoms with van der Waals surface area (Å²) in [5, 5.41) is 3.07. The molecule has 0 bridgehead atoms. The van der Waals surface area contributed by atoms with Gasteiger partial charge in [-0.25, -0.2) is 9.97 Å². The Morgan fingerprint density at radius 3 is 2.95 bits per heavy atom. The molecule has 116 valence electrons. The van der Waals surface area contributed by atoms with Gasteiger partial charge in [-0.05, 0) is 37.0 Å². The van der Waals surface area contributed by atoms with Crippen molar-refractivity contribution in [3.05, 3.63) is 38.8 Å². The van der Waals surface area contributed by atoms with Gasteiger partial charge in [-0.15, -0.1) is 11.3 Å². The van der Waals surface area contributed by atoms with E-state index in [-0.39, 0.29) is 11.9 Å². The number of hydrogen-bond acceptors (Lipinski definition) is 5. The molecule has 0 spiro atoms. The molecule has 1 aliphatic rings. The second-order valence-corrected chi connectivity index (χ2v) is 7.27. The van der Waals surface area contributed by atoms with Crippen molar-refractivity contribution in [2.24, 2.45) is 0 Å². The van der Waals surface area contributed by atoms with Crippen molar-refractivity contribution in [2.75, 3.05) is 19.0 Å². The van der Waals surface area contributed by atoms with E-state index in [4.69, 9.17) is 11.6 Å². The van der Waals surface area contributed by atoms with Crippen molar-refractivity contribution in [3.63, 3.8) is 0 Å². The zero-order chi connectivity index (χ0) is 15.7. The first-order chi connectivity index (χ1) is 10.5. The van der Waals surface area contributed by atoms with E-state index in [9.17, 15) is 4.79 Å². The average molecular weight is 337 g/mol. The number of nitrogens with one attached hydrogen (secondary N) is 1. The van der Waals surface area contributed by atoms with Crippen LogP contribution < -0.4 is 10.2 Å². The minimum Gasteiger partial charge on any atom is -0.348 e. The van der Waals surface area contributed by atoms with E-state index < -0.39 is 0 Å². The minimum absolute atomic E-state index is 0.0591. The van der Waals surface area contributed by atoms with Gasteiger partial charge < -0.3 is 10.2 Å². The van der Waals surface area contributed by atoms with Crippen molar-refractivity contribution in [1.82, 2.24) is 15.3 Å². The summed E-state index contributed by atoms with van der Waals surface area (Å²) in [6.07, 6.45) is 4.39. The first-order valence-electron chi connectivity index (χ1n) is 7.11. The molecule has 3 rings (SSSR count). The lowest BCUT2D eigenvalue weighted by Gasteiger charge is -2.25. The first kappa shape index (κ1) is 15.2. The Balaban J connectivity index is 1.68. The lowest BCUT2D eigenvalue weighted by Crippen LogP contribution is -2.39. The molecule has 2 heterocycles. The Bertz CT molecular complexity index is 701. The van der Waals surface area contributed by atoms with Gasteiger partial charge >= 0.3 is 0 Å². The van der Waals surface area contributed by atoms with Gasteiger partial charge in [0.2, 0.25) is 5.95 Å². The van der Waals surface area contributed by atoms with Gasteiger partial charge in [-0.1, -0.05) is 11.6 Å². The van der Waals surface area contributed by atoms with Crippen LogP contribution in [0.2, 0.25) is 4.34 Å². The van der Waals surface area contributed by atoms with Gasteiger partial charge in [0.05, 0.1) is 9.21 Å². The van der Waals surface area contributed by atoms with E-state index in [0.29, 0.717) is 9.21 Å². The molecule has 0 radical (unpaired) electrons. The fraction of sp³-hybridized carbons (Fsp3) is 0.400. The van der Waals surface area contributed by atoms with Crippen molar-refractivity contribution < 1.29 is 4.79 Å². The molecule has 1 aliphatic carbocycles. The topological polar surface area (TPSA) is 58.1 Å². The molecule has 0 saturated carbocycles. The van der Waals surface area contributed by atoms with Gasteiger partial charge in [0.1, 0.15) is 0 Å². The summed E-state index contributed by atoms with van der Waals surface area (Å²) in [6, 6.07) is 3.62. The third-order valence-corrected chi connectivity index (χ3v) is 4.90. The lowest BCUT2D eigenvalue weighted by atomic mass is 9.93. The van der Waals surface area contributed by atoms with Gasteiger partial charge in [-0.3, -0.25) is 4.79 Å². The molecule has 1 atom stereocenters. The molecule has 22 heavy (non-hydrogen) atoms.